The van der Waals surface area contributed by atoms with E-state index in [9.17, 15) is 17.6 Å². The van der Waals surface area contributed by atoms with Gasteiger partial charge in [0.05, 0.1) is 10.6 Å². The van der Waals surface area contributed by atoms with E-state index in [1.54, 1.807) is 6.07 Å². The van der Waals surface area contributed by atoms with E-state index in [1.165, 1.54) is 37.5 Å². The fraction of sp³-hybridized carbons (Fsp3) is 0.294. The van der Waals surface area contributed by atoms with E-state index in [2.05, 4.69) is 14.7 Å². The summed E-state index contributed by atoms with van der Waals surface area (Å²) in [5, 5.41) is 0.380. The van der Waals surface area contributed by atoms with Crippen LogP contribution in [-0.2, 0) is 10.3 Å². The van der Waals surface area contributed by atoms with Crippen LogP contribution in [0.1, 0.15) is 18.9 Å². The molecule has 2 aromatic rings. The Hall–Kier alpha value is -2.35. The second kappa shape index (κ2) is 6.42. The van der Waals surface area contributed by atoms with Gasteiger partial charge >= 0.3 is 6.18 Å². The molecule has 0 unspecified atom stereocenters. The molecule has 0 saturated heterocycles. The maximum atomic E-state index is 14.5. The fourth-order valence-electron chi connectivity index (χ4n) is 2.90. The molecule has 1 aromatic heterocycles. The molecule has 0 fully saturated rings. The molecule has 1 aliphatic rings. The van der Waals surface area contributed by atoms with Crippen LogP contribution in [0.5, 0.6) is 0 Å². The van der Waals surface area contributed by atoms with Gasteiger partial charge in [-0.25, -0.2) is 9.38 Å². The standard InChI is InChI=1S/C17H14ClF4N3O/c1-16(6-14(17(20,21)22)26-15(23)25-16)12-5-9(2-3-13(12)19)10-4-11(18)8-24-7-10/h2-5,7-8,14H,6H2,1H3,(H2,23,25)/t14-,16-/m0/s1. The number of amidine groups is 1. The van der Waals surface area contributed by atoms with Crippen LogP contribution in [0, 0.1) is 5.82 Å². The maximum absolute atomic E-state index is 14.5. The number of nitrogens with two attached hydrogens (primary N) is 1. The number of benzene rings is 1. The number of aromatic nitrogens is 1. The number of pyridine rings is 1. The summed E-state index contributed by atoms with van der Waals surface area (Å²) in [5.41, 5.74) is 5.02. The summed E-state index contributed by atoms with van der Waals surface area (Å²) < 4.78 is 58.4. The highest BCUT2D eigenvalue weighted by atomic mass is 35.5. The Morgan fingerprint density at radius 2 is 1.96 bits per heavy atom. The molecule has 0 saturated carbocycles. The topological polar surface area (TPSA) is 60.5 Å². The minimum Gasteiger partial charge on any atom is -0.452 e. The molecule has 9 heteroatoms. The predicted molar refractivity (Wildman–Crippen MR) is 89.2 cm³/mol. The molecule has 1 aromatic carbocycles. The maximum Gasteiger partial charge on any atom is 0.425 e. The van der Waals surface area contributed by atoms with E-state index in [-0.39, 0.29) is 5.56 Å². The molecule has 0 spiro atoms. The van der Waals surface area contributed by atoms with Crippen molar-refractivity contribution in [1.29, 1.82) is 0 Å². The zero-order chi connectivity index (χ0) is 19.1. The molecule has 3 rings (SSSR count). The first kappa shape index (κ1) is 18.4. The SMILES string of the molecule is C[C@@]1(c2cc(-c3cncc(Cl)c3)ccc2F)C[C@@H](C(F)(F)F)OC(N)=N1. The summed E-state index contributed by atoms with van der Waals surface area (Å²) in [5.74, 6) is -0.689. The molecule has 2 N–H and O–H groups in total. The first-order chi connectivity index (χ1) is 12.1. The van der Waals surface area contributed by atoms with E-state index < -0.39 is 36.1 Å². The molecule has 26 heavy (non-hydrogen) atoms. The number of alkyl halides is 3. The van der Waals surface area contributed by atoms with Crippen molar-refractivity contribution in [1.82, 2.24) is 4.98 Å². The molecule has 0 radical (unpaired) electrons. The quantitative estimate of drug-likeness (QED) is 0.776. The van der Waals surface area contributed by atoms with Crippen molar-refractivity contribution in [3.05, 3.63) is 53.1 Å². The van der Waals surface area contributed by atoms with Gasteiger partial charge in [0.1, 0.15) is 5.82 Å². The Balaban J connectivity index is 2.08. The van der Waals surface area contributed by atoms with Crippen LogP contribution in [0.15, 0.2) is 41.7 Å². The number of halogens is 5. The highest BCUT2D eigenvalue weighted by Crippen LogP contribution is 2.41. The number of aliphatic imine (C=N–C) groups is 1. The lowest BCUT2D eigenvalue weighted by atomic mass is 9.84. The summed E-state index contributed by atoms with van der Waals surface area (Å²) in [7, 11) is 0. The number of hydrogen-bond donors (Lipinski definition) is 1. The van der Waals surface area contributed by atoms with E-state index >= 15 is 0 Å². The number of ether oxygens (including phenoxy) is 1. The average Bonchev–Trinajstić information content (AvgIpc) is 2.53. The van der Waals surface area contributed by atoms with E-state index in [1.807, 2.05) is 0 Å². The molecular weight excluding hydrogens is 374 g/mol. The molecular formula is C17H14ClF4N3O. The molecule has 0 amide bonds. The number of rotatable bonds is 2. The highest BCUT2D eigenvalue weighted by molar-refractivity contribution is 6.30. The van der Waals surface area contributed by atoms with E-state index in [0.29, 0.717) is 16.1 Å². The van der Waals surface area contributed by atoms with Gasteiger partial charge in [0.25, 0.3) is 6.02 Å². The lowest BCUT2D eigenvalue weighted by Gasteiger charge is -2.36. The minimum atomic E-state index is -4.65. The lowest BCUT2D eigenvalue weighted by Crippen LogP contribution is -2.46. The molecule has 2 atom stereocenters. The third-order valence-corrected chi connectivity index (χ3v) is 4.36. The zero-order valence-electron chi connectivity index (χ0n) is 13.5. The normalized spacial score (nSPS) is 23.3. The van der Waals surface area contributed by atoms with Crippen molar-refractivity contribution in [2.45, 2.75) is 31.2 Å². The van der Waals surface area contributed by atoms with Crippen LogP contribution >= 0.6 is 11.6 Å². The fourth-order valence-corrected chi connectivity index (χ4v) is 3.08. The van der Waals surface area contributed by atoms with Crippen LogP contribution in [0.2, 0.25) is 5.02 Å². The van der Waals surface area contributed by atoms with Crippen molar-refractivity contribution in [2.24, 2.45) is 10.7 Å². The molecule has 2 heterocycles. The largest absolute Gasteiger partial charge is 0.452 e. The van der Waals surface area contributed by atoms with Crippen molar-refractivity contribution in [3.63, 3.8) is 0 Å². The Morgan fingerprint density at radius 3 is 2.62 bits per heavy atom. The Bertz CT molecular complexity index is 871. The summed E-state index contributed by atoms with van der Waals surface area (Å²) >= 11 is 5.91. The molecule has 138 valence electrons. The third kappa shape index (κ3) is 3.60. The Kier molecular flexibility index (Phi) is 4.56. The molecule has 0 aliphatic carbocycles. The van der Waals surface area contributed by atoms with Crippen LogP contribution in [0.25, 0.3) is 11.1 Å². The van der Waals surface area contributed by atoms with Gasteiger partial charge in [0.2, 0.25) is 0 Å². The zero-order valence-corrected chi connectivity index (χ0v) is 14.3. The van der Waals surface area contributed by atoms with Gasteiger partial charge < -0.3 is 10.5 Å². The second-order valence-corrected chi connectivity index (χ2v) is 6.60. The van der Waals surface area contributed by atoms with E-state index in [0.717, 1.165) is 0 Å². The first-order valence-corrected chi connectivity index (χ1v) is 7.96. The second-order valence-electron chi connectivity index (χ2n) is 6.16. The monoisotopic (exact) mass is 387 g/mol. The van der Waals surface area contributed by atoms with Crippen LogP contribution in [0.4, 0.5) is 17.6 Å². The summed E-state index contributed by atoms with van der Waals surface area (Å²) in [4.78, 5) is 7.91. The van der Waals surface area contributed by atoms with Gasteiger partial charge in [0, 0.05) is 29.9 Å². The van der Waals surface area contributed by atoms with Gasteiger partial charge in [-0.3, -0.25) is 4.98 Å². The van der Waals surface area contributed by atoms with Gasteiger partial charge in [0.15, 0.2) is 6.10 Å². The van der Waals surface area contributed by atoms with Gasteiger partial charge in [-0.1, -0.05) is 17.7 Å². The summed E-state index contributed by atoms with van der Waals surface area (Å²) in [6.07, 6.45) is -4.45. The van der Waals surface area contributed by atoms with Crippen LogP contribution < -0.4 is 5.73 Å². The molecule has 4 nitrogen and oxygen atoms in total. The highest BCUT2D eigenvalue weighted by Gasteiger charge is 2.50. The molecule has 0 bridgehead atoms. The van der Waals surface area contributed by atoms with Crippen LogP contribution in [-0.4, -0.2) is 23.3 Å². The minimum absolute atomic E-state index is 0.0181. The Morgan fingerprint density at radius 1 is 1.23 bits per heavy atom. The van der Waals surface area contributed by atoms with E-state index in [4.69, 9.17) is 17.3 Å². The van der Waals surface area contributed by atoms with Gasteiger partial charge in [-0.2, -0.15) is 13.2 Å². The first-order valence-electron chi connectivity index (χ1n) is 7.58. The van der Waals surface area contributed by atoms with Crippen molar-refractivity contribution in [3.8, 4) is 11.1 Å². The number of nitrogens with zero attached hydrogens (tertiary/aromatic N) is 2. The average molecular weight is 388 g/mol. The van der Waals surface area contributed by atoms with Gasteiger partial charge in [-0.05, 0) is 30.7 Å². The summed E-state index contributed by atoms with van der Waals surface area (Å²) in [6, 6.07) is 5.08. The van der Waals surface area contributed by atoms with Crippen LogP contribution in [0.3, 0.4) is 0 Å². The molecule has 1 aliphatic heterocycles. The summed E-state index contributed by atoms with van der Waals surface area (Å²) in [6.45, 7) is 1.39. The van der Waals surface area contributed by atoms with Gasteiger partial charge in [-0.15, -0.1) is 0 Å². The predicted octanol–water partition coefficient (Wildman–Crippen LogP) is 4.42. The lowest BCUT2D eigenvalue weighted by molar-refractivity contribution is -0.208. The number of hydrogen-bond acceptors (Lipinski definition) is 4. The van der Waals surface area contributed by atoms with Crippen molar-refractivity contribution in [2.75, 3.05) is 0 Å². The smallest absolute Gasteiger partial charge is 0.425 e. The Labute approximate surface area is 151 Å². The van der Waals surface area contributed by atoms with Crippen molar-refractivity contribution < 1.29 is 22.3 Å². The third-order valence-electron chi connectivity index (χ3n) is 4.15. The van der Waals surface area contributed by atoms with Crippen molar-refractivity contribution >= 4 is 17.6 Å².